The largest absolute Gasteiger partial charge is 0.452 e. The van der Waals surface area contributed by atoms with Crippen LogP contribution in [0, 0.1) is 13.8 Å². The Balaban J connectivity index is 2.02. The van der Waals surface area contributed by atoms with Crippen LogP contribution in [0.5, 0.6) is 0 Å². The number of ether oxygens (including phenoxy) is 1. The van der Waals surface area contributed by atoms with Crippen molar-refractivity contribution in [2.75, 3.05) is 20.2 Å². The number of carbonyl (C=O) groups is 3. The lowest BCUT2D eigenvalue weighted by Gasteiger charge is -2.23. The smallest absolute Gasteiger partial charge is 0.340 e. The zero-order chi connectivity index (χ0) is 25.8. The van der Waals surface area contributed by atoms with Gasteiger partial charge in [-0.2, -0.15) is 0 Å². The number of rotatable bonds is 8. The summed E-state index contributed by atoms with van der Waals surface area (Å²) in [6.45, 7) is 8.87. The predicted octanol–water partition coefficient (Wildman–Crippen LogP) is 1.33. The molecule has 0 saturated carbocycles. The van der Waals surface area contributed by atoms with E-state index in [1.165, 1.54) is 24.1 Å². The van der Waals surface area contributed by atoms with Gasteiger partial charge in [0.1, 0.15) is 0 Å². The number of hydrogen-bond donors (Lipinski definition) is 2. The molecule has 0 bridgehead atoms. The van der Waals surface area contributed by atoms with Gasteiger partial charge < -0.3 is 19.5 Å². The molecule has 2 aromatic rings. The van der Waals surface area contributed by atoms with Crippen molar-refractivity contribution in [3.05, 3.63) is 52.8 Å². The molecule has 0 radical (unpaired) electrons. The lowest BCUT2D eigenvalue weighted by atomic mass is 10.1. The number of carbonyl (C=O) groups excluding carboxylic acids is 3. The topological polar surface area (TPSA) is 141 Å². The number of nitrogens with two attached hydrogens (primary N) is 1. The first kappa shape index (κ1) is 27.1. The summed E-state index contributed by atoms with van der Waals surface area (Å²) >= 11 is 0. The summed E-state index contributed by atoms with van der Waals surface area (Å²) in [4.78, 5) is 38.1. The maximum Gasteiger partial charge on any atom is 0.340 e. The molecular formula is C23H32N4O6S. The van der Waals surface area contributed by atoms with Gasteiger partial charge in [-0.25, -0.2) is 18.4 Å². The summed E-state index contributed by atoms with van der Waals surface area (Å²) in [5.41, 5.74) is 2.16. The van der Waals surface area contributed by atoms with Crippen molar-refractivity contribution in [1.29, 1.82) is 0 Å². The highest BCUT2D eigenvalue weighted by Gasteiger charge is 2.21. The van der Waals surface area contributed by atoms with Gasteiger partial charge in [-0.05, 0) is 58.4 Å². The van der Waals surface area contributed by atoms with Crippen LogP contribution < -0.4 is 10.5 Å². The minimum Gasteiger partial charge on any atom is -0.452 e. The third-order valence-corrected chi connectivity index (χ3v) is 5.96. The van der Waals surface area contributed by atoms with E-state index in [-0.39, 0.29) is 17.3 Å². The van der Waals surface area contributed by atoms with Crippen molar-refractivity contribution in [2.45, 2.75) is 51.6 Å². The summed E-state index contributed by atoms with van der Waals surface area (Å²) in [6, 6.07) is 7.83. The molecule has 1 heterocycles. The molecule has 0 aliphatic heterocycles. The van der Waals surface area contributed by atoms with E-state index in [0.29, 0.717) is 17.8 Å². The fourth-order valence-electron chi connectivity index (χ4n) is 3.29. The van der Waals surface area contributed by atoms with Crippen LogP contribution >= 0.6 is 0 Å². The number of primary sulfonamides is 1. The lowest BCUT2D eigenvalue weighted by Crippen LogP contribution is -2.46. The van der Waals surface area contributed by atoms with Gasteiger partial charge in [0.05, 0.1) is 17.0 Å². The quantitative estimate of drug-likeness (QED) is 0.533. The standard InChI is InChI=1S/C23H32N4O6S/c1-15-11-19(16(2)27(15)12-17-7-9-18(10-8-17)34(24,31)32)22(30)33-14-21(29)26(6)13-20(28)25-23(3,4)5/h7-11H,12-14H2,1-6H3,(H,25,28)(H2,24,31,32). The Morgan fingerprint density at radius 2 is 1.71 bits per heavy atom. The Morgan fingerprint density at radius 1 is 1.12 bits per heavy atom. The van der Waals surface area contributed by atoms with E-state index in [1.807, 2.05) is 32.3 Å². The number of nitrogens with zero attached hydrogens (tertiary/aromatic N) is 2. The number of aryl methyl sites for hydroxylation is 1. The van der Waals surface area contributed by atoms with Crippen LogP contribution in [0.3, 0.4) is 0 Å². The van der Waals surface area contributed by atoms with Gasteiger partial charge in [0.2, 0.25) is 15.9 Å². The molecule has 0 atom stereocenters. The molecule has 34 heavy (non-hydrogen) atoms. The average Bonchev–Trinajstić information content (AvgIpc) is 2.98. The minimum absolute atomic E-state index is 0.0204. The highest BCUT2D eigenvalue weighted by molar-refractivity contribution is 7.89. The summed E-state index contributed by atoms with van der Waals surface area (Å²) in [6.07, 6.45) is 0. The Labute approximate surface area is 200 Å². The van der Waals surface area contributed by atoms with Crippen LogP contribution in [-0.4, -0.2) is 61.4 Å². The van der Waals surface area contributed by atoms with Crippen molar-refractivity contribution in [3.8, 4) is 0 Å². The van der Waals surface area contributed by atoms with Crippen molar-refractivity contribution in [2.24, 2.45) is 5.14 Å². The molecule has 0 aliphatic rings. The number of sulfonamides is 1. The minimum atomic E-state index is -3.77. The van der Waals surface area contributed by atoms with Gasteiger partial charge in [-0.15, -0.1) is 0 Å². The number of benzene rings is 1. The third kappa shape index (κ3) is 7.42. The summed E-state index contributed by atoms with van der Waals surface area (Å²) in [7, 11) is -2.31. The molecule has 186 valence electrons. The van der Waals surface area contributed by atoms with E-state index >= 15 is 0 Å². The Kier molecular flexibility index (Phi) is 8.27. The summed E-state index contributed by atoms with van der Waals surface area (Å²) in [5, 5.41) is 7.89. The van der Waals surface area contributed by atoms with Crippen LogP contribution in [0.1, 0.15) is 48.1 Å². The molecule has 3 N–H and O–H groups in total. The second-order valence-electron chi connectivity index (χ2n) is 9.18. The summed E-state index contributed by atoms with van der Waals surface area (Å²) < 4.78 is 29.9. The number of esters is 1. The molecule has 2 amide bonds. The number of aromatic nitrogens is 1. The molecule has 11 heteroatoms. The Hall–Kier alpha value is -3.18. The Bertz CT molecular complexity index is 1180. The van der Waals surface area contributed by atoms with Gasteiger partial charge >= 0.3 is 5.97 Å². The molecule has 0 aliphatic carbocycles. The lowest BCUT2D eigenvalue weighted by molar-refractivity contribution is -0.137. The van der Waals surface area contributed by atoms with Gasteiger partial charge in [0.15, 0.2) is 6.61 Å². The first-order valence-electron chi connectivity index (χ1n) is 10.6. The van der Waals surface area contributed by atoms with Crippen molar-refractivity contribution >= 4 is 27.8 Å². The third-order valence-electron chi connectivity index (χ3n) is 5.03. The molecular weight excluding hydrogens is 460 g/mol. The highest BCUT2D eigenvalue weighted by Crippen LogP contribution is 2.19. The molecule has 0 saturated heterocycles. The molecule has 0 fully saturated rings. The first-order valence-corrected chi connectivity index (χ1v) is 12.1. The van der Waals surface area contributed by atoms with E-state index in [9.17, 15) is 22.8 Å². The molecule has 0 spiro atoms. The zero-order valence-electron chi connectivity index (χ0n) is 20.3. The highest BCUT2D eigenvalue weighted by atomic mass is 32.2. The molecule has 1 aromatic heterocycles. The van der Waals surface area contributed by atoms with Crippen molar-refractivity contribution < 1.29 is 27.5 Å². The number of likely N-dealkylation sites (N-methyl/N-ethyl adjacent to an activating group) is 1. The van der Waals surface area contributed by atoms with Crippen LogP contribution in [-0.2, 0) is 30.9 Å². The molecule has 1 aromatic carbocycles. The SMILES string of the molecule is Cc1cc(C(=O)OCC(=O)N(C)CC(=O)NC(C)(C)C)c(C)n1Cc1ccc(S(N)(=O)=O)cc1. The maximum absolute atomic E-state index is 12.6. The van der Waals surface area contributed by atoms with Crippen LogP contribution in [0.25, 0.3) is 0 Å². The molecule has 0 unspecified atom stereocenters. The van der Waals surface area contributed by atoms with Gasteiger partial charge in [0.25, 0.3) is 5.91 Å². The maximum atomic E-state index is 12.6. The van der Waals surface area contributed by atoms with Crippen LogP contribution in [0.4, 0.5) is 0 Å². The molecule has 2 rings (SSSR count). The zero-order valence-corrected chi connectivity index (χ0v) is 21.2. The normalized spacial score (nSPS) is 11.7. The average molecular weight is 493 g/mol. The fraction of sp³-hybridized carbons (Fsp3) is 0.435. The van der Waals surface area contributed by atoms with Gasteiger partial charge in [0, 0.05) is 30.5 Å². The predicted molar refractivity (Wildman–Crippen MR) is 127 cm³/mol. The van der Waals surface area contributed by atoms with E-state index in [0.717, 1.165) is 11.3 Å². The van der Waals surface area contributed by atoms with E-state index in [2.05, 4.69) is 5.32 Å². The number of amides is 2. The van der Waals surface area contributed by atoms with E-state index in [1.54, 1.807) is 25.1 Å². The molecule has 10 nitrogen and oxygen atoms in total. The second kappa shape index (κ2) is 10.4. The van der Waals surface area contributed by atoms with E-state index in [4.69, 9.17) is 9.88 Å². The second-order valence-corrected chi connectivity index (χ2v) is 10.7. The number of nitrogens with one attached hydrogen (secondary N) is 1. The van der Waals surface area contributed by atoms with Crippen LogP contribution in [0.15, 0.2) is 35.2 Å². The van der Waals surface area contributed by atoms with E-state index < -0.39 is 34.0 Å². The fourth-order valence-corrected chi connectivity index (χ4v) is 3.81. The summed E-state index contributed by atoms with van der Waals surface area (Å²) in [5.74, 6) is -1.46. The Morgan fingerprint density at radius 3 is 2.24 bits per heavy atom. The van der Waals surface area contributed by atoms with Crippen LogP contribution in [0.2, 0.25) is 0 Å². The van der Waals surface area contributed by atoms with Gasteiger partial charge in [-0.1, -0.05) is 12.1 Å². The van der Waals surface area contributed by atoms with Crippen molar-refractivity contribution in [3.63, 3.8) is 0 Å². The van der Waals surface area contributed by atoms with Crippen molar-refractivity contribution in [1.82, 2.24) is 14.8 Å². The van der Waals surface area contributed by atoms with Gasteiger partial charge in [-0.3, -0.25) is 9.59 Å². The first-order chi connectivity index (χ1) is 15.6. The number of hydrogen-bond acceptors (Lipinski definition) is 6. The monoisotopic (exact) mass is 492 g/mol.